The van der Waals surface area contributed by atoms with Crippen molar-refractivity contribution in [1.82, 2.24) is 10.6 Å². The molecule has 0 saturated carbocycles. The molecule has 2 N–H and O–H groups in total. The monoisotopic (exact) mass is 372 g/mol. The lowest BCUT2D eigenvalue weighted by Crippen LogP contribution is -2.45. The van der Waals surface area contributed by atoms with Crippen molar-refractivity contribution in [2.24, 2.45) is 5.92 Å². The Morgan fingerprint density at radius 1 is 1.36 bits per heavy atom. The molecule has 0 aliphatic carbocycles. The number of hydrogen-bond acceptors (Lipinski definition) is 3. The fraction of sp³-hybridized carbons (Fsp3) is 0.632. The summed E-state index contributed by atoms with van der Waals surface area (Å²) in [5, 5.41) is 5.85. The van der Waals surface area contributed by atoms with E-state index in [4.69, 9.17) is 4.74 Å². The Morgan fingerprint density at radius 3 is 2.52 bits per heavy atom. The number of alkyl halides is 1. The van der Waals surface area contributed by atoms with Gasteiger partial charge >= 0.3 is 0 Å². The molecule has 1 aromatic carbocycles. The lowest BCUT2D eigenvalue weighted by atomic mass is 9.84. The van der Waals surface area contributed by atoms with E-state index in [-0.39, 0.29) is 36.7 Å². The lowest BCUT2D eigenvalue weighted by Gasteiger charge is -2.26. The van der Waals surface area contributed by atoms with Crippen molar-refractivity contribution in [1.29, 1.82) is 0 Å². The average Bonchev–Trinajstić information content (AvgIpc) is 2.97. The number of benzene rings is 1. The van der Waals surface area contributed by atoms with E-state index in [0.29, 0.717) is 19.1 Å². The smallest absolute Gasteiger partial charge is 0.237 e. The van der Waals surface area contributed by atoms with Gasteiger partial charge in [-0.25, -0.2) is 4.39 Å². The summed E-state index contributed by atoms with van der Waals surface area (Å²) < 4.78 is 18.9. The maximum atomic E-state index is 13.2. The van der Waals surface area contributed by atoms with Gasteiger partial charge in [0.2, 0.25) is 5.91 Å². The summed E-state index contributed by atoms with van der Waals surface area (Å²) in [7, 11) is 0. The molecule has 0 aromatic heterocycles. The molecule has 1 amide bonds. The SMILES string of the molecule is CC(C)COc1ccc(C(C)(C)CNC(=O)[C@H]2C[C@H](F)CN2)cc1.Cl. The summed E-state index contributed by atoms with van der Waals surface area (Å²) in [6, 6.07) is 7.59. The quantitative estimate of drug-likeness (QED) is 0.772. The van der Waals surface area contributed by atoms with Crippen LogP contribution in [0.2, 0.25) is 0 Å². The van der Waals surface area contributed by atoms with Crippen molar-refractivity contribution in [3.8, 4) is 5.75 Å². The standard InChI is InChI=1S/C19H29FN2O2.ClH/c1-13(2)11-24-16-7-5-14(6-8-16)19(3,4)12-22-18(23)17-9-15(20)10-21-17;/h5-8,13,15,17,21H,9-12H2,1-4H3,(H,22,23);1H/t15-,17+;/m0./s1. The van der Waals surface area contributed by atoms with Crippen LogP contribution in [0.1, 0.15) is 39.7 Å². The summed E-state index contributed by atoms with van der Waals surface area (Å²) in [6.45, 7) is 9.86. The molecule has 4 nitrogen and oxygen atoms in total. The van der Waals surface area contributed by atoms with E-state index in [9.17, 15) is 9.18 Å². The van der Waals surface area contributed by atoms with Crippen LogP contribution in [0.4, 0.5) is 4.39 Å². The average molecular weight is 373 g/mol. The van der Waals surface area contributed by atoms with Crippen LogP contribution >= 0.6 is 12.4 Å². The van der Waals surface area contributed by atoms with Gasteiger partial charge in [-0.3, -0.25) is 4.79 Å². The molecule has 0 spiro atoms. The zero-order valence-corrected chi connectivity index (χ0v) is 16.3. The molecule has 25 heavy (non-hydrogen) atoms. The molecule has 1 fully saturated rings. The van der Waals surface area contributed by atoms with Gasteiger partial charge in [-0.1, -0.05) is 39.8 Å². The lowest BCUT2D eigenvalue weighted by molar-refractivity contribution is -0.123. The van der Waals surface area contributed by atoms with Gasteiger partial charge in [0.1, 0.15) is 11.9 Å². The van der Waals surface area contributed by atoms with E-state index in [0.717, 1.165) is 11.3 Å². The van der Waals surface area contributed by atoms with Gasteiger partial charge in [-0.15, -0.1) is 12.4 Å². The Morgan fingerprint density at radius 2 is 2.00 bits per heavy atom. The minimum atomic E-state index is -0.924. The Hall–Kier alpha value is -1.33. The first-order valence-corrected chi connectivity index (χ1v) is 8.66. The van der Waals surface area contributed by atoms with Crippen LogP contribution in [0.3, 0.4) is 0 Å². The number of halogens is 2. The summed E-state index contributed by atoms with van der Waals surface area (Å²) in [5.41, 5.74) is 0.919. The van der Waals surface area contributed by atoms with E-state index >= 15 is 0 Å². The molecule has 1 aliphatic rings. The summed E-state index contributed by atoms with van der Waals surface area (Å²) in [4.78, 5) is 12.1. The second-order valence-electron chi connectivity index (χ2n) is 7.62. The molecule has 1 heterocycles. The summed E-state index contributed by atoms with van der Waals surface area (Å²) in [5.74, 6) is 1.22. The summed E-state index contributed by atoms with van der Waals surface area (Å²) >= 11 is 0. The fourth-order valence-electron chi connectivity index (χ4n) is 2.69. The third-order valence-electron chi connectivity index (χ3n) is 4.32. The highest BCUT2D eigenvalue weighted by Gasteiger charge is 2.30. The predicted octanol–water partition coefficient (Wildman–Crippen LogP) is 3.24. The number of carbonyl (C=O) groups excluding carboxylic acids is 1. The molecular weight excluding hydrogens is 343 g/mol. The zero-order valence-electron chi connectivity index (χ0n) is 15.5. The van der Waals surface area contributed by atoms with Crippen LogP contribution in [-0.2, 0) is 10.2 Å². The second-order valence-corrected chi connectivity index (χ2v) is 7.62. The second kappa shape index (κ2) is 9.39. The first kappa shape index (κ1) is 21.7. The number of hydrogen-bond donors (Lipinski definition) is 2. The fourth-order valence-corrected chi connectivity index (χ4v) is 2.69. The zero-order chi connectivity index (χ0) is 17.7. The maximum Gasteiger partial charge on any atom is 0.237 e. The molecule has 2 rings (SSSR count). The van der Waals surface area contributed by atoms with Gasteiger partial charge in [-0.2, -0.15) is 0 Å². The van der Waals surface area contributed by atoms with Gasteiger partial charge in [0.15, 0.2) is 0 Å². The van der Waals surface area contributed by atoms with E-state index in [1.807, 2.05) is 24.3 Å². The van der Waals surface area contributed by atoms with Gasteiger partial charge in [0.25, 0.3) is 0 Å². The van der Waals surface area contributed by atoms with E-state index in [1.165, 1.54) is 0 Å². The van der Waals surface area contributed by atoms with Gasteiger partial charge in [0, 0.05) is 24.9 Å². The first-order valence-electron chi connectivity index (χ1n) is 8.66. The van der Waals surface area contributed by atoms with Crippen molar-refractivity contribution in [3.63, 3.8) is 0 Å². The maximum absolute atomic E-state index is 13.2. The van der Waals surface area contributed by atoms with Crippen LogP contribution in [0.5, 0.6) is 5.75 Å². The van der Waals surface area contributed by atoms with Gasteiger partial charge in [0.05, 0.1) is 12.6 Å². The van der Waals surface area contributed by atoms with Gasteiger partial charge in [-0.05, 0) is 23.6 Å². The molecule has 6 heteroatoms. The molecule has 1 aromatic rings. The molecule has 0 bridgehead atoms. The van der Waals surface area contributed by atoms with Crippen LogP contribution in [0, 0.1) is 5.92 Å². The minimum Gasteiger partial charge on any atom is -0.493 e. The number of carbonyl (C=O) groups is 1. The third kappa shape index (κ3) is 6.48. The van der Waals surface area contributed by atoms with Crippen LogP contribution in [0.25, 0.3) is 0 Å². The molecular formula is C19H30ClFN2O2. The number of ether oxygens (including phenoxy) is 1. The molecule has 1 saturated heterocycles. The van der Waals surface area contributed by atoms with Gasteiger partial charge < -0.3 is 15.4 Å². The topological polar surface area (TPSA) is 50.4 Å². The van der Waals surface area contributed by atoms with Crippen molar-refractivity contribution in [2.45, 2.75) is 51.7 Å². The Kier molecular flexibility index (Phi) is 8.16. The van der Waals surface area contributed by atoms with E-state index < -0.39 is 12.2 Å². The van der Waals surface area contributed by atoms with Crippen LogP contribution in [-0.4, -0.2) is 37.8 Å². The third-order valence-corrected chi connectivity index (χ3v) is 4.32. The van der Waals surface area contributed by atoms with Crippen molar-refractivity contribution in [2.75, 3.05) is 19.7 Å². The molecule has 2 atom stereocenters. The van der Waals surface area contributed by atoms with Crippen molar-refractivity contribution >= 4 is 18.3 Å². The number of nitrogens with one attached hydrogen (secondary N) is 2. The molecule has 0 radical (unpaired) electrons. The Labute approximate surface area is 156 Å². The minimum absolute atomic E-state index is 0. The van der Waals surface area contributed by atoms with E-state index in [2.05, 4.69) is 38.3 Å². The normalized spacial score (nSPS) is 20.2. The Bertz CT molecular complexity index is 549. The van der Waals surface area contributed by atoms with Crippen molar-refractivity contribution in [3.05, 3.63) is 29.8 Å². The number of amides is 1. The van der Waals surface area contributed by atoms with Crippen LogP contribution < -0.4 is 15.4 Å². The Balaban J connectivity index is 0.00000312. The summed E-state index contributed by atoms with van der Waals surface area (Å²) in [6.07, 6.45) is -0.666. The first-order chi connectivity index (χ1) is 11.3. The highest BCUT2D eigenvalue weighted by atomic mass is 35.5. The molecule has 0 unspecified atom stereocenters. The molecule has 142 valence electrons. The largest absolute Gasteiger partial charge is 0.493 e. The van der Waals surface area contributed by atoms with E-state index in [1.54, 1.807) is 0 Å². The number of rotatable bonds is 7. The highest BCUT2D eigenvalue weighted by molar-refractivity contribution is 5.85. The molecule has 1 aliphatic heterocycles. The predicted molar refractivity (Wildman–Crippen MR) is 101 cm³/mol. The van der Waals surface area contributed by atoms with Crippen molar-refractivity contribution < 1.29 is 13.9 Å². The van der Waals surface area contributed by atoms with Crippen LogP contribution in [0.15, 0.2) is 24.3 Å². The highest BCUT2D eigenvalue weighted by Crippen LogP contribution is 2.25.